The van der Waals surface area contributed by atoms with Crippen LogP contribution in [0.2, 0.25) is 0 Å². The third-order valence-electron chi connectivity index (χ3n) is 5.39. The zero-order valence-electron chi connectivity index (χ0n) is 19.6. The molecule has 184 valence electrons. The number of carbonyl (C=O) groups excluding carboxylic acids is 3. The number of aliphatic hydroxyl groups is 1. The van der Waals surface area contributed by atoms with Crippen molar-refractivity contribution in [1.29, 1.82) is 0 Å². The largest absolute Gasteiger partial charge is 0.507 e. The van der Waals surface area contributed by atoms with Gasteiger partial charge in [-0.05, 0) is 49.7 Å². The number of aliphatic hydroxyl groups excluding tert-OH is 1. The van der Waals surface area contributed by atoms with Crippen molar-refractivity contribution < 1.29 is 29.0 Å². The number of aromatic nitrogens is 2. The van der Waals surface area contributed by atoms with E-state index in [4.69, 9.17) is 9.47 Å². The summed E-state index contributed by atoms with van der Waals surface area (Å²) in [6, 6.07) is 8.83. The smallest absolute Gasteiger partial charge is 0.350 e. The van der Waals surface area contributed by atoms with E-state index in [1.165, 1.54) is 11.1 Å². The van der Waals surface area contributed by atoms with Crippen LogP contribution in [0.4, 0.5) is 5.13 Å². The van der Waals surface area contributed by atoms with Crippen LogP contribution in [-0.4, -0.2) is 45.9 Å². The van der Waals surface area contributed by atoms with Gasteiger partial charge in [0.1, 0.15) is 23.0 Å². The van der Waals surface area contributed by atoms with Crippen molar-refractivity contribution in [2.75, 3.05) is 18.1 Å². The summed E-state index contributed by atoms with van der Waals surface area (Å²) in [5.74, 6) is -2.11. The molecule has 3 heterocycles. The quantitative estimate of drug-likeness (QED) is 0.159. The zero-order valence-corrected chi connectivity index (χ0v) is 20.4. The van der Waals surface area contributed by atoms with E-state index < -0.39 is 23.7 Å². The maximum Gasteiger partial charge on any atom is 0.350 e. The van der Waals surface area contributed by atoms with Crippen molar-refractivity contribution in [3.8, 4) is 5.75 Å². The second-order valence-corrected chi connectivity index (χ2v) is 8.69. The van der Waals surface area contributed by atoms with E-state index in [1.54, 1.807) is 62.5 Å². The van der Waals surface area contributed by atoms with Gasteiger partial charge < -0.3 is 14.6 Å². The molecular weight excluding hydrogens is 482 g/mol. The minimum atomic E-state index is -1.00. The summed E-state index contributed by atoms with van der Waals surface area (Å²) in [6.07, 6.45) is 4.68. The average Bonchev–Trinajstić information content (AvgIpc) is 3.40. The van der Waals surface area contributed by atoms with Gasteiger partial charge in [-0.25, -0.2) is 9.78 Å². The molecule has 0 saturated carbocycles. The van der Waals surface area contributed by atoms with Crippen LogP contribution in [0.25, 0.3) is 5.76 Å². The molecule has 1 atom stereocenters. The lowest BCUT2D eigenvalue weighted by Crippen LogP contribution is -2.29. The van der Waals surface area contributed by atoms with Crippen LogP contribution in [0.15, 0.2) is 67.0 Å². The van der Waals surface area contributed by atoms with E-state index >= 15 is 0 Å². The summed E-state index contributed by atoms with van der Waals surface area (Å²) in [6.45, 7) is 7.42. The number of amides is 1. The van der Waals surface area contributed by atoms with Gasteiger partial charge in [0.25, 0.3) is 5.78 Å². The second kappa shape index (κ2) is 10.5. The Labute approximate surface area is 211 Å². The number of rotatable bonds is 8. The Kier molecular flexibility index (Phi) is 7.25. The Hall–Kier alpha value is -4.31. The van der Waals surface area contributed by atoms with Gasteiger partial charge in [-0.1, -0.05) is 30.1 Å². The first-order chi connectivity index (χ1) is 17.4. The highest BCUT2D eigenvalue weighted by Gasteiger charge is 2.48. The number of ether oxygens (including phenoxy) is 2. The molecule has 1 aromatic carbocycles. The van der Waals surface area contributed by atoms with Gasteiger partial charge >= 0.3 is 11.9 Å². The van der Waals surface area contributed by atoms with Gasteiger partial charge in [0.2, 0.25) is 0 Å². The Bertz CT molecular complexity index is 1350. The molecule has 1 saturated heterocycles. The Morgan fingerprint density at radius 3 is 2.64 bits per heavy atom. The molecule has 1 unspecified atom stereocenters. The molecule has 0 aliphatic carbocycles. The predicted octanol–water partition coefficient (Wildman–Crippen LogP) is 4.21. The number of carbonyl (C=O) groups is 3. The topological polar surface area (TPSA) is 119 Å². The van der Waals surface area contributed by atoms with Gasteiger partial charge in [0.15, 0.2) is 5.13 Å². The molecule has 1 amide bonds. The standard InChI is InChI=1S/C26H23N3O6S/c1-4-13-35-18-10-8-16(9-11-18)21(30)19-20(17-7-6-12-27-14-17)29(24(32)22(19)31)26-28-15(3)23(36-26)25(33)34-5-2/h4,6-12,14,20,30H,1,5,13H2,2-3H3. The van der Waals surface area contributed by atoms with Crippen molar-refractivity contribution >= 4 is 39.9 Å². The first kappa shape index (κ1) is 24.8. The minimum Gasteiger partial charge on any atom is -0.507 e. The number of ketones is 1. The van der Waals surface area contributed by atoms with Crippen LogP contribution >= 0.6 is 11.3 Å². The lowest BCUT2D eigenvalue weighted by atomic mass is 9.96. The number of thiazole rings is 1. The van der Waals surface area contributed by atoms with Crippen molar-refractivity contribution in [2.24, 2.45) is 0 Å². The number of benzene rings is 1. The zero-order chi connectivity index (χ0) is 25.8. The predicted molar refractivity (Wildman–Crippen MR) is 134 cm³/mol. The molecule has 0 spiro atoms. The Balaban J connectivity index is 1.83. The third kappa shape index (κ3) is 4.63. The molecule has 3 aromatic rings. The molecule has 0 radical (unpaired) electrons. The van der Waals surface area contributed by atoms with Crippen LogP contribution < -0.4 is 9.64 Å². The van der Waals surface area contributed by atoms with E-state index in [1.807, 2.05) is 0 Å². The van der Waals surface area contributed by atoms with Crippen molar-refractivity contribution in [3.63, 3.8) is 0 Å². The molecule has 2 aromatic heterocycles. The van der Waals surface area contributed by atoms with Crippen molar-refractivity contribution in [3.05, 3.63) is 88.7 Å². The number of esters is 1. The maximum atomic E-state index is 13.3. The van der Waals surface area contributed by atoms with E-state index in [0.29, 0.717) is 29.2 Å². The fourth-order valence-electron chi connectivity index (χ4n) is 3.77. The van der Waals surface area contributed by atoms with E-state index in [-0.39, 0.29) is 27.9 Å². The second-order valence-electron chi connectivity index (χ2n) is 7.71. The number of hydrogen-bond donors (Lipinski definition) is 1. The average molecular weight is 506 g/mol. The molecular formula is C26H23N3O6S. The maximum absolute atomic E-state index is 13.3. The highest BCUT2D eigenvalue weighted by Crippen LogP contribution is 2.43. The highest BCUT2D eigenvalue weighted by atomic mass is 32.1. The summed E-state index contributed by atoms with van der Waals surface area (Å²) < 4.78 is 10.6. The van der Waals surface area contributed by atoms with Crippen LogP contribution in [0.3, 0.4) is 0 Å². The number of aryl methyl sites for hydroxylation is 1. The Morgan fingerprint density at radius 2 is 2.00 bits per heavy atom. The van der Waals surface area contributed by atoms with Gasteiger partial charge in [0.05, 0.1) is 23.9 Å². The fraction of sp³-hybridized carbons (Fsp3) is 0.192. The van der Waals surface area contributed by atoms with Crippen LogP contribution in [0, 0.1) is 6.92 Å². The summed E-state index contributed by atoms with van der Waals surface area (Å²) in [5.41, 5.74) is 1.08. The number of hydrogen-bond acceptors (Lipinski definition) is 9. The third-order valence-corrected chi connectivity index (χ3v) is 6.53. The number of Topliss-reactive ketones (excluding diaryl/α,β-unsaturated/α-hetero) is 1. The molecule has 0 bridgehead atoms. The normalized spacial score (nSPS) is 16.7. The summed E-state index contributed by atoms with van der Waals surface area (Å²) in [5, 5.41) is 11.3. The van der Waals surface area contributed by atoms with Gasteiger partial charge in [-0.15, -0.1) is 0 Å². The molecule has 10 heteroatoms. The number of nitrogens with zero attached hydrogens (tertiary/aromatic N) is 3. The highest BCUT2D eigenvalue weighted by molar-refractivity contribution is 7.17. The number of pyridine rings is 1. The summed E-state index contributed by atoms with van der Waals surface area (Å²) in [4.78, 5) is 48.8. The fourth-order valence-corrected chi connectivity index (χ4v) is 4.76. The summed E-state index contributed by atoms with van der Waals surface area (Å²) in [7, 11) is 0. The molecule has 1 N–H and O–H groups in total. The molecule has 9 nitrogen and oxygen atoms in total. The monoisotopic (exact) mass is 505 g/mol. The lowest BCUT2D eigenvalue weighted by Gasteiger charge is -2.22. The molecule has 1 aliphatic rings. The van der Waals surface area contributed by atoms with Crippen molar-refractivity contribution in [2.45, 2.75) is 19.9 Å². The first-order valence-electron chi connectivity index (χ1n) is 11.1. The van der Waals surface area contributed by atoms with Crippen LogP contribution in [-0.2, 0) is 14.3 Å². The van der Waals surface area contributed by atoms with Gasteiger partial charge in [-0.3, -0.25) is 19.5 Å². The van der Waals surface area contributed by atoms with E-state index in [0.717, 1.165) is 11.3 Å². The van der Waals surface area contributed by atoms with E-state index in [9.17, 15) is 19.5 Å². The van der Waals surface area contributed by atoms with E-state index in [2.05, 4.69) is 16.5 Å². The van der Waals surface area contributed by atoms with Crippen molar-refractivity contribution in [1.82, 2.24) is 9.97 Å². The molecule has 1 aliphatic heterocycles. The number of anilines is 1. The summed E-state index contributed by atoms with van der Waals surface area (Å²) >= 11 is 0.946. The van der Waals surface area contributed by atoms with Crippen LogP contribution in [0.5, 0.6) is 5.75 Å². The Morgan fingerprint density at radius 1 is 1.25 bits per heavy atom. The molecule has 1 fully saturated rings. The molecule has 4 rings (SSSR count). The SMILES string of the molecule is C=CCOc1ccc(C(O)=C2C(=O)C(=O)N(c3nc(C)c(C(=O)OCC)s3)C2c2cccnc2)cc1. The van der Waals surface area contributed by atoms with Crippen LogP contribution in [0.1, 0.15) is 39.5 Å². The minimum absolute atomic E-state index is 0.113. The first-order valence-corrected chi connectivity index (χ1v) is 11.9. The lowest BCUT2D eigenvalue weighted by molar-refractivity contribution is -0.132. The van der Waals surface area contributed by atoms with Gasteiger partial charge in [0, 0.05) is 18.0 Å². The van der Waals surface area contributed by atoms with Gasteiger partial charge in [-0.2, -0.15) is 0 Å². The molecule has 36 heavy (non-hydrogen) atoms.